The zero-order valence-electron chi connectivity index (χ0n) is 10.8. The molecule has 2 rings (SSSR count). The van der Waals surface area contributed by atoms with Gasteiger partial charge in [0.2, 0.25) is 5.91 Å². The molecule has 2 N–H and O–H groups in total. The molecule has 2 heterocycles. The van der Waals surface area contributed by atoms with Gasteiger partial charge in [0.15, 0.2) is 0 Å². The summed E-state index contributed by atoms with van der Waals surface area (Å²) >= 11 is 1.43. The van der Waals surface area contributed by atoms with Gasteiger partial charge in [0.05, 0.1) is 24.3 Å². The van der Waals surface area contributed by atoms with E-state index in [-0.39, 0.29) is 18.9 Å². The Hall–Kier alpha value is -2.15. The molecule has 0 saturated heterocycles. The second-order valence-electron chi connectivity index (χ2n) is 4.38. The summed E-state index contributed by atoms with van der Waals surface area (Å²) in [5.41, 5.74) is 1.54. The second kappa shape index (κ2) is 6.33. The quantitative estimate of drug-likeness (QED) is 0.847. The van der Waals surface area contributed by atoms with E-state index in [9.17, 15) is 9.59 Å². The fourth-order valence-corrected chi connectivity index (χ4v) is 2.29. The molecule has 1 atom stereocenters. The molecule has 106 valence electrons. The topological polar surface area (TPSA) is 92.4 Å². The van der Waals surface area contributed by atoms with Gasteiger partial charge < -0.3 is 14.8 Å². The Morgan fingerprint density at radius 3 is 3.00 bits per heavy atom. The monoisotopic (exact) mass is 294 g/mol. The fraction of sp³-hybridized carbons (Fsp3) is 0.308. The van der Waals surface area contributed by atoms with Crippen LogP contribution in [0.4, 0.5) is 0 Å². The van der Waals surface area contributed by atoms with Gasteiger partial charge in [-0.05, 0) is 6.07 Å². The number of carbonyl (C=O) groups excluding carboxylic acids is 1. The maximum absolute atomic E-state index is 11.7. The number of carboxylic acids is 1. The van der Waals surface area contributed by atoms with Crippen molar-refractivity contribution in [1.82, 2.24) is 10.3 Å². The maximum atomic E-state index is 11.7. The van der Waals surface area contributed by atoms with E-state index >= 15 is 0 Å². The van der Waals surface area contributed by atoms with Crippen LogP contribution in [-0.4, -0.2) is 28.5 Å². The molecule has 2 aromatic rings. The Bertz CT molecular complexity index is 591. The lowest BCUT2D eigenvalue weighted by atomic mass is 10.2. The van der Waals surface area contributed by atoms with Gasteiger partial charge in [-0.25, -0.2) is 4.98 Å². The fourth-order valence-electron chi connectivity index (χ4n) is 1.49. The van der Waals surface area contributed by atoms with E-state index in [1.807, 2.05) is 5.38 Å². The van der Waals surface area contributed by atoms with Crippen LogP contribution in [0.1, 0.15) is 12.6 Å². The van der Waals surface area contributed by atoms with E-state index in [1.54, 1.807) is 25.5 Å². The first-order valence-corrected chi connectivity index (χ1v) is 6.90. The van der Waals surface area contributed by atoms with Crippen LogP contribution >= 0.6 is 11.3 Å². The molecule has 0 unspecified atom stereocenters. The van der Waals surface area contributed by atoms with Gasteiger partial charge in [-0.1, -0.05) is 6.92 Å². The van der Waals surface area contributed by atoms with Crippen molar-refractivity contribution in [1.29, 1.82) is 0 Å². The first-order valence-electron chi connectivity index (χ1n) is 6.02. The van der Waals surface area contributed by atoms with E-state index in [4.69, 9.17) is 9.52 Å². The zero-order chi connectivity index (χ0) is 14.5. The number of carboxylic acid groups (broad SMARTS) is 1. The summed E-state index contributed by atoms with van der Waals surface area (Å²) in [6, 6.07) is 1.80. The molecule has 1 amide bonds. The summed E-state index contributed by atoms with van der Waals surface area (Å²) in [5.74, 6) is -1.76. The van der Waals surface area contributed by atoms with E-state index in [0.29, 0.717) is 5.69 Å². The van der Waals surface area contributed by atoms with Crippen LogP contribution in [0.25, 0.3) is 10.6 Å². The zero-order valence-corrected chi connectivity index (χ0v) is 11.6. The van der Waals surface area contributed by atoms with Gasteiger partial charge in [-0.2, -0.15) is 0 Å². The smallest absolute Gasteiger partial charge is 0.308 e. The van der Waals surface area contributed by atoms with E-state index in [1.165, 1.54) is 11.3 Å². The number of amides is 1. The second-order valence-corrected chi connectivity index (χ2v) is 5.23. The molecule has 0 aromatic carbocycles. The van der Waals surface area contributed by atoms with Crippen molar-refractivity contribution in [3.63, 3.8) is 0 Å². The number of hydrogen-bond donors (Lipinski definition) is 2. The van der Waals surface area contributed by atoms with Crippen molar-refractivity contribution in [3.05, 3.63) is 29.7 Å². The molecular weight excluding hydrogens is 280 g/mol. The third-order valence-corrected chi connectivity index (χ3v) is 3.63. The van der Waals surface area contributed by atoms with Crippen LogP contribution in [-0.2, 0) is 16.0 Å². The number of hydrogen-bond acceptors (Lipinski definition) is 5. The van der Waals surface area contributed by atoms with Gasteiger partial charge in [0.25, 0.3) is 0 Å². The molecule has 0 aliphatic carbocycles. The largest absolute Gasteiger partial charge is 0.481 e. The highest BCUT2D eigenvalue weighted by Gasteiger charge is 2.13. The first kappa shape index (κ1) is 14.3. The average Bonchev–Trinajstić information content (AvgIpc) is 3.05. The van der Waals surface area contributed by atoms with Crippen LogP contribution in [0.15, 0.2) is 28.4 Å². The van der Waals surface area contributed by atoms with Crippen LogP contribution in [0.2, 0.25) is 0 Å². The molecule has 0 spiro atoms. The molecular formula is C13H14N2O4S. The number of nitrogens with one attached hydrogen (secondary N) is 1. The van der Waals surface area contributed by atoms with Crippen molar-refractivity contribution < 1.29 is 19.1 Å². The van der Waals surface area contributed by atoms with Gasteiger partial charge in [-0.15, -0.1) is 11.3 Å². The number of thiazole rings is 1. The molecule has 0 aliphatic rings. The Kier molecular flexibility index (Phi) is 4.52. The van der Waals surface area contributed by atoms with Gasteiger partial charge >= 0.3 is 5.97 Å². The summed E-state index contributed by atoms with van der Waals surface area (Å²) < 4.78 is 4.98. The van der Waals surface area contributed by atoms with Crippen molar-refractivity contribution in [2.75, 3.05) is 6.54 Å². The summed E-state index contributed by atoms with van der Waals surface area (Å²) in [6.45, 7) is 1.66. The normalized spacial score (nSPS) is 12.1. The van der Waals surface area contributed by atoms with Gasteiger partial charge in [0.1, 0.15) is 11.3 Å². The Morgan fingerprint density at radius 1 is 1.55 bits per heavy atom. The third kappa shape index (κ3) is 3.67. The van der Waals surface area contributed by atoms with E-state index in [0.717, 1.165) is 10.6 Å². The molecule has 20 heavy (non-hydrogen) atoms. The highest BCUT2D eigenvalue weighted by molar-refractivity contribution is 7.13. The van der Waals surface area contributed by atoms with E-state index in [2.05, 4.69) is 10.3 Å². The standard InChI is InChI=1S/C13H14N2O4S/c1-8(13(17)18)5-14-11(16)4-10-7-20-12(15-10)9-2-3-19-6-9/h2-3,6-8H,4-5H2,1H3,(H,14,16)(H,17,18)/t8-/m0/s1. The molecule has 7 heteroatoms. The minimum absolute atomic E-state index is 0.118. The number of aliphatic carboxylic acids is 1. The minimum Gasteiger partial charge on any atom is -0.481 e. The van der Waals surface area contributed by atoms with Crippen molar-refractivity contribution in [3.8, 4) is 10.6 Å². The average molecular weight is 294 g/mol. The molecule has 0 aliphatic heterocycles. The Balaban J connectivity index is 1.87. The van der Waals surface area contributed by atoms with Crippen LogP contribution in [0, 0.1) is 5.92 Å². The predicted molar refractivity (Wildman–Crippen MR) is 73.3 cm³/mol. The van der Waals surface area contributed by atoms with Crippen molar-refractivity contribution >= 4 is 23.2 Å². The minimum atomic E-state index is -0.929. The number of furan rings is 1. The number of carbonyl (C=O) groups is 2. The third-order valence-electron chi connectivity index (χ3n) is 2.69. The number of nitrogens with zero attached hydrogens (tertiary/aromatic N) is 1. The SMILES string of the molecule is C[C@@H](CNC(=O)Cc1csc(-c2ccoc2)n1)C(=O)O. The summed E-state index contributed by atoms with van der Waals surface area (Å²) in [5, 5.41) is 13.9. The molecule has 2 aromatic heterocycles. The van der Waals surface area contributed by atoms with Gasteiger partial charge in [0, 0.05) is 17.5 Å². The lowest BCUT2D eigenvalue weighted by Crippen LogP contribution is -2.32. The van der Waals surface area contributed by atoms with Crippen LogP contribution in [0.3, 0.4) is 0 Å². The predicted octanol–water partition coefficient (Wildman–Crippen LogP) is 1.78. The van der Waals surface area contributed by atoms with Crippen LogP contribution in [0.5, 0.6) is 0 Å². The van der Waals surface area contributed by atoms with Gasteiger partial charge in [-0.3, -0.25) is 9.59 Å². The lowest BCUT2D eigenvalue weighted by Gasteiger charge is -2.07. The summed E-state index contributed by atoms with van der Waals surface area (Å²) in [7, 11) is 0. The van der Waals surface area contributed by atoms with Crippen LogP contribution < -0.4 is 5.32 Å². The molecule has 0 radical (unpaired) electrons. The molecule has 0 saturated carbocycles. The molecule has 0 fully saturated rings. The highest BCUT2D eigenvalue weighted by atomic mass is 32.1. The lowest BCUT2D eigenvalue weighted by molar-refractivity contribution is -0.141. The van der Waals surface area contributed by atoms with E-state index < -0.39 is 11.9 Å². The summed E-state index contributed by atoms with van der Waals surface area (Å²) in [4.78, 5) is 26.6. The Labute approximate surface area is 119 Å². The summed E-state index contributed by atoms with van der Waals surface area (Å²) in [6.07, 6.45) is 3.30. The van der Waals surface area contributed by atoms with Crippen molar-refractivity contribution in [2.45, 2.75) is 13.3 Å². The number of rotatable bonds is 6. The number of aromatic nitrogens is 1. The highest BCUT2D eigenvalue weighted by Crippen LogP contribution is 2.23. The van der Waals surface area contributed by atoms with Crippen molar-refractivity contribution in [2.24, 2.45) is 5.92 Å². The molecule has 0 bridgehead atoms. The molecule has 6 nitrogen and oxygen atoms in total. The Morgan fingerprint density at radius 2 is 2.35 bits per heavy atom. The first-order chi connectivity index (χ1) is 9.56. The maximum Gasteiger partial charge on any atom is 0.308 e.